The maximum atomic E-state index is 11.6. The first-order valence-electron chi connectivity index (χ1n) is 6.01. The SMILES string of the molecule is CCC1C(=O)NCCN1CCCCCN. The standard InChI is InChI=1S/C11H23N3O/c1-2-10-11(15)13-7-9-14(10)8-5-3-4-6-12/h10H,2-9,12H2,1H3,(H,13,15). The summed E-state index contributed by atoms with van der Waals surface area (Å²) in [6.45, 7) is 5.67. The second-order valence-electron chi connectivity index (χ2n) is 4.10. The third-order valence-corrected chi connectivity index (χ3v) is 2.98. The smallest absolute Gasteiger partial charge is 0.237 e. The van der Waals surface area contributed by atoms with Gasteiger partial charge in [0.05, 0.1) is 6.04 Å². The molecule has 3 N–H and O–H groups in total. The molecule has 88 valence electrons. The van der Waals surface area contributed by atoms with E-state index in [0.717, 1.165) is 45.4 Å². The molecule has 4 heteroatoms. The molecule has 1 fully saturated rings. The van der Waals surface area contributed by atoms with Gasteiger partial charge in [0.15, 0.2) is 0 Å². The molecular formula is C11H23N3O. The molecule has 1 atom stereocenters. The van der Waals surface area contributed by atoms with Crippen LogP contribution in [0, 0.1) is 0 Å². The zero-order chi connectivity index (χ0) is 11.1. The van der Waals surface area contributed by atoms with Gasteiger partial charge < -0.3 is 11.1 Å². The molecule has 0 radical (unpaired) electrons. The number of unbranched alkanes of at least 4 members (excludes halogenated alkanes) is 2. The number of nitrogens with two attached hydrogens (primary N) is 1. The lowest BCUT2D eigenvalue weighted by Gasteiger charge is -2.34. The van der Waals surface area contributed by atoms with E-state index in [9.17, 15) is 4.79 Å². The molecule has 1 aliphatic rings. The van der Waals surface area contributed by atoms with Crippen LogP contribution in [-0.4, -0.2) is 43.0 Å². The number of hydrogen-bond donors (Lipinski definition) is 2. The highest BCUT2D eigenvalue weighted by atomic mass is 16.2. The fourth-order valence-corrected chi connectivity index (χ4v) is 2.11. The van der Waals surface area contributed by atoms with Gasteiger partial charge in [0.25, 0.3) is 0 Å². The Bertz CT molecular complexity index is 196. The summed E-state index contributed by atoms with van der Waals surface area (Å²) in [4.78, 5) is 13.9. The largest absolute Gasteiger partial charge is 0.353 e. The van der Waals surface area contributed by atoms with Crippen molar-refractivity contribution in [3.63, 3.8) is 0 Å². The van der Waals surface area contributed by atoms with Crippen LogP contribution in [0.25, 0.3) is 0 Å². The molecule has 0 aromatic rings. The van der Waals surface area contributed by atoms with Gasteiger partial charge in [-0.2, -0.15) is 0 Å². The Kier molecular flexibility index (Phi) is 5.65. The predicted octanol–water partition coefficient (Wildman–Crippen LogP) is 0.326. The summed E-state index contributed by atoms with van der Waals surface area (Å²) in [5.41, 5.74) is 5.45. The Hall–Kier alpha value is -0.610. The molecule has 0 spiro atoms. The number of carbonyl (C=O) groups excluding carboxylic acids is 1. The van der Waals surface area contributed by atoms with Crippen LogP contribution in [0.4, 0.5) is 0 Å². The fourth-order valence-electron chi connectivity index (χ4n) is 2.11. The van der Waals surface area contributed by atoms with Crippen LogP contribution in [0.15, 0.2) is 0 Å². The minimum atomic E-state index is 0.0941. The van der Waals surface area contributed by atoms with Crippen LogP contribution >= 0.6 is 0 Å². The number of carbonyl (C=O) groups is 1. The topological polar surface area (TPSA) is 58.4 Å². The number of amides is 1. The molecule has 1 heterocycles. The fraction of sp³-hybridized carbons (Fsp3) is 0.909. The van der Waals surface area contributed by atoms with Crippen molar-refractivity contribution in [1.82, 2.24) is 10.2 Å². The zero-order valence-electron chi connectivity index (χ0n) is 9.67. The third kappa shape index (κ3) is 3.80. The van der Waals surface area contributed by atoms with Crippen LogP contribution in [0.2, 0.25) is 0 Å². The number of piperazine rings is 1. The van der Waals surface area contributed by atoms with Crippen molar-refractivity contribution in [2.75, 3.05) is 26.2 Å². The second kappa shape index (κ2) is 6.80. The lowest BCUT2D eigenvalue weighted by Crippen LogP contribution is -2.55. The number of nitrogens with zero attached hydrogens (tertiary/aromatic N) is 1. The highest BCUT2D eigenvalue weighted by molar-refractivity contribution is 5.82. The molecule has 4 nitrogen and oxygen atoms in total. The lowest BCUT2D eigenvalue weighted by atomic mass is 10.1. The maximum absolute atomic E-state index is 11.6. The summed E-state index contributed by atoms with van der Waals surface area (Å²) < 4.78 is 0. The van der Waals surface area contributed by atoms with Gasteiger partial charge in [-0.05, 0) is 32.4 Å². The van der Waals surface area contributed by atoms with E-state index in [1.165, 1.54) is 6.42 Å². The highest BCUT2D eigenvalue weighted by Gasteiger charge is 2.26. The Balaban J connectivity index is 2.28. The van der Waals surface area contributed by atoms with Crippen molar-refractivity contribution in [2.24, 2.45) is 5.73 Å². The van der Waals surface area contributed by atoms with E-state index in [2.05, 4.69) is 17.1 Å². The molecule has 1 saturated heterocycles. The van der Waals surface area contributed by atoms with Crippen LogP contribution < -0.4 is 11.1 Å². The van der Waals surface area contributed by atoms with Gasteiger partial charge in [-0.25, -0.2) is 0 Å². The van der Waals surface area contributed by atoms with E-state index in [-0.39, 0.29) is 11.9 Å². The van der Waals surface area contributed by atoms with Gasteiger partial charge in [0, 0.05) is 13.1 Å². The van der Waals surface area contributed by atoms with Crippen molar-refractivity contribution in [1.29, 1.82) is 0 Å². The summed E-state index contributed by atoms with van der Waals surface area (Å²) in [7, 11) is 0. The first-order chi connectivity index (χ1) is 7.29. The molecule has 0 aromatic heterocycles. The Morgan fingerprint density at radius 3 is 2.93 bits per heavy atom. The summed E-state index contributed by atoms with van der Waals surface area (Å²) in [5, 5.41) is 2.91. The minimum Gasteiger partial charge on any atom is -0.353 e. The molecular weight excluding hydrogens is 190 g/mol. The van der Waals surface area contributed by atoms with Gasteiger partial charge in [0.2, 0.25) is 5.91 Å². The van der Waals surface area contributed by atoms with Crippen LogP contribution in [0.5, 0.6) is 0 Å². The molecule has 0 aliphatic carbocycles. The highest BCUT2D eigenvalue weighted by Crippen LogP contribution is 2.09. The van der Waals surface area contributed by atoms with Crippen molar-refractivity contribution < 1.29 is 4.79 Å². The van der Waals surface area contributed by atoms with E-state index >= 15 is 0 Å². The van der Waals surface area contributed by atoms with E-state index in [0.29, 0.717) is 0 Å². The molecule has 1 rings (SSSR count). The average Bonchev–Trinajstić information content (AvgIpc) is 2.24. The average molecular weight is 213 g/mol. The van der Waals surface area contributed by atoms with E-state index in [1.54, 1.807) is 0 Å². The minimum absolute atomic E-state index is 0.0941. The Labute approximate surface area is 92.2 Å². The van der Waals surface area contributed by atoms with Gasteiger partial charge in [0.1, 0.15) is 0 Å². The summed E-state index contributed by atoms with van der Waals surface area (Å²) in [5.74, 6) is 0.197. The molecule has 1 unspecified atom stereocenters. The quantitative estimate of drug-likeness (QED) is 0.625. The summed E-state index contributed by atoms with van der Waals surface area (Å²) in [6.07, 6.45) is 4.32. The van der Waals surface area contributed by atoms with Gasteiger partial charge >= 0.3 is 0 Å². The van der Waals surface area contributed by atoms with E-state index in [1.807, 2.05) is 0 Å². The second-order valence-corrected chi connectivity index (χ2v) is 4.10. The van der Waals surface area contributed by atoms with Crippen molar-refractivity contribution in [3.8, 4) is 0 Å². The molecule has 0 aromatic carbocycles. The lowest BCUT2D eigenvalue weighted by molar-refractivity contribution is -0.129. The monoisotopic (exact) mass is 213 g/mol. The van der Waals surface area contributed by atoms with Crippen molar-refractivity contribution in [3.05, 3.63) is 0 Å². The van der Waals surface area contributed by atoms with Crippen molar-refractivity contribution >= 4 is 5.91 Å². The van der Waals surface area contributed by atoms with Gasteiger partial charge in [-0.3, -0.25) is 9.69 Å². The predicted molar refractivity (Wildman–Crippen MR) is 61.6 cm³/mol. The van der Waals surface area contributed by atoms with E-state index in [4.69, 9.17) is 5.73 Å². The molecule has 0 saturated carbocycles. The van der Waals surface area contributed by atoms with E-state index < -0.39 is 0 Å². The van der Waals surface area contributed by atoms with Crippen LogP contribution in [0.1, 0.15) is 32.6 Å². The first kappa shape index (κ1) is 12.5. The summed E-state index contributed by atoms with van der Waals surface area (Å²) >= 11 is 0. The van der Waals surface area contributed by atoms with Crippen LogP contribution in [-0.2, 0) is 4.79 Å². The third-order valence-electron chi connectivity index (χ3n) is 2.98. The first-order valence-corrected chi connectivity index (χ1v) is 6.01. The number of nitrogens with one attached hydrogen (secondary N) is 1. The molecule has 1 aliphatic heterocycles. The van der Waals surface area contributed by atoms with Gasteiger partial charge in [-0.1, -0.05) is 13.3 Å². The molecule has 0 bridgehead atoms. The zero-order valence-corrected chi connectivity index (χ0v) is 9.67. The van der Waals surface area contributed by atoms with Crippen molar-refractivity contribution in [2.45, 2.75) is 38.6 Å². The normalized spacial score (nSPS) is 22.8. The number of rotatable bonds is 6. The van der Waals surface area contributed by atoms with Gasteiger partial charge in [-0.15, -0.1) is 0 Å². The maximum Gasteiger partial charge on any atom is 0.237 e. The Morgan fingerprint density at radius 2 is 2.27 bits per heavy atom. The summed E-state index contributed by atoms with van der Waals surface area (Å²) in [6, 6.07) is 0.0941. The van der Waals surface area contributed by atoms with Crippen LogP contribution in [0.3, 0.4) is 0 Å². The molecule has 1 amide bonds. The molecule has 15 heavy (non-hydrogen) atoms. The Morgan fingerprint density at radius 1 is 1.47 bits per heavy atom. The number of hydrogen-bond acceptors (Lipinski definition) is 3.